The fourth-order valence-electron chi connectivity index (χ4n) is 0.645. The molecular weight excluding hydrogens is 121 g/mol. The molecule has 1 N–H and O–H groups in total. The van der Waals surface area contributed by atoms with E-state index in [1.54, 1.807) is 0 Å². The Labute approximate surface area is 64.6 Å². The summed E-state index contributed by atoms with van der Waals surface area (Å²) in [5.41, 5.74) is 0.863. The van der Waals surface area contributed by atoms with Gasteiger partial charge in [0.05, 0.1) is 0 Å². The van der Waals surface area contributed by atoms with Gasteiger partial charge in [-0.3, -0.25) is 0 Å². The maximum atomic E-state index is 5.45. The van der Waals surface area contributed by atoms with Crippen LogP contribution in [0.15, 0.2) is 24.2 Å². The molecule has 1 unspecified atom stereocenters. The first-order chi connectivity index (χ1) is 4.70. The quantitative estimate of drug-likeness (QED) is 0.451. The van der Waals surface area contributed by atoms with Crippen molar-refractivity contribution in [2.45, 2.75) is 19.4 Å². The summed E-state index contributed by atoms with van der Waals surface area (Å²) in [7, 11) is 7.36. The highest BCUT2D eigenvalue weighted by Gasteiger charge is 1.94. The van der Waals surface area contributed by atoms with Gasteiger partial charge in [-0.2, -0.15) is 0 Å². The van der Waals surface area contributed by atoms with Crippen LogP contribution >= 0.6 is 0 Å². The molecular formula is C8H14BN. The van der Waals surface area contributed by atoms with Crippen molar-refractivity contribution >= 4 is 7.85 Å². The van der Waals surface area contributed by atoms with Crippen molar-refractivity contribution in [3.05, 3.63) is 24.2 Å². The molecule has 2 heteroatoms. The second-order valence-corrected chi connectivity index (χ2v) is 2.31. The number of nitrogens with one attached hydrogen (secondary N) is 1. The van der Waals surface area contributed by atoms with Crippen molar-refractivity contribution in [1.29, 1.82) is 0 Å². The minimum Gasteiger partial charge on any atom is -0.313 e. The zero-order chi connectivity index (χ0) is 7.98. The highest BCUT2D eigenvalue weighted by molar-refractivity contribution is 6.21. The summed E-state index contributed by atoms with van der Waals surface area (Å²) < 4.78 is 0. The lowest BCUT2D eigenvalue weighted by Crippen LogP contribution is -2.21. The van der Waals surface area contributed by atoms with Crippen molar-refractivity contribution in [1.82, 2.24) is 5.32 Å². The molecule has 0 aliphatic rings. The van der Waals surface area contributed by atoms with E-state index in [0.717, 1.165) is 11.9 Å². The van der Waals surface area contributed by atoms with E-state index in [9.17, 15) is 0 Å². The molecule has 0 aliphatic carbocycles. The molecule has 0 spiro atoms. The Morgan fingerprint density at radius 2 is 2.40 bits per heavy atom. The van der Waals surface area contributed by atoms with Gasteiger partial charge in [0, 0.05) is 6.04 Å². The molecule has 1 nitrogen and oxygen atoms in total. The van der Waals surface area contributed by atoms with Crippen LogP contribution in [-0.2, 0) is 0 Å². The molecule has 0 aromatic rings. The molecule has 0 rings (SSSR count). The van der Waals surface area contributed by atoms with Gasteiger partial charge in [0.2, 0.25) is 0 Å². The largest absolute Gasteiger partial charge is 0.313 e. The van der Waals surface area contributed by atoms with Gasteiger partial charge in [0.15, 0.2) is 0 Å². The second kappa shape index (κ2) is 5.30. The third kappa shape index (κ3) is 4.39. The van der Waals surface area contributed by atoms with E-state index in [-0.39, 0.29) is 0 Å². The Morgan fingerprint density at radius 1 is 1.80 bits per heavy atom. The zero-order valence-electron chi connectivity index (χ0n) is 6.72. The predicted octanol–water partition coefficient (Wildman–Crippen LogP) is 1.22. The fraction of sp³-hybridized carbons (Fsp3) is 0.500. The Morgan fingerprint density at radius 3 is 2.70 bits per heavy atom. The highest BCUT2D eigenvalue weighted by Crippen LogP contribution is 1.96. The van der Waals surface area contributed by atoms with Gasteiger partial charge in [-0.25, -0.2) is 0 Å². The van der Waals surface area contributed by atoms with Gasteiger partial charge in [0.1, 0.15) is 7.85 Å². The van der Waals surface area contributed by atoms with Gasteiger partial charge >= 0.3 is 0 Å². The molecule has 0 fully saturated rings. The molecule has 0 heterocycles. The minimum absolute atomic E-state index is 0.346. The van der Waals surface area contributed by atoms with E-state index in [0.29, 0.717) is 6.04 Å². The molecule has 0 amide bonds. The Bertz CT molecular complexity index is 125. The predicted molar refractivity (Wildman–Crippen MR) is 47.2 cm³/mol. The van der Waals surface area contributed by atoms with Crippen LogP contribution in [0.2, 0.25) is 0 Å². The maximum Gasteiger partial charge on any atom is 0.106 e. The van der Waals surface area contributed by atoms with Crippen molar-refractivity contribution in [3.8, 4) is 0 Å². The Hall–Kier alpha value is -0.495. The van der Waals surface area contributed by atoms with Crippen molar-refractivity contribution in [2.24, 2.45) is 0 Å². The normalized spacial score (nSPS) is 14.8. The molecule has 0 saturated carbocycles. The number of rotatable bonds is 4. The first-order valence-electron chi connectivity index (χ1n) is 3.42. The van der Waals surface area contributed by atoms with Crippen molar-refractivity contribution in [2.75, 3.05) is 7.05 Å². The van der Waals surface area contributed by atoms with Crippen LogP contribution in [-0.4, -0.2) is 20.9 Å². The summed E-state index contributed by atoms with van der Waals surface area (Å²) in [6, 6.07) is 0.346. The van der Waals surface area contributed by atoms with E-state index in [2.05, 4.69) is 11.9 Å². The van der Waals surface area contributed by atoms with E-state index in [1.807, 2.05) is 26.1 Å². The lowest BCUT2D eigenvalue weighted by molar-refractivity contribution is 0.677. The molecule has 54 valence electrons. The van der Waals surface area contributed by atoms with Crippen LogP contribution < -0.4 is 5.32 Å². The Kier molecular flexibility index (Phi) is 5.04. The first kappa shape index (κ1) is 9.50. The zero-order valence-corrected chi connectivity index (χ0v) is 6.72. The minimum atomic E-state index is 0.346. The van der Waals surface area contributed by atoms with Crippen molar-refractivity contribution < 1.29 is 0 Å². The molecule has 0 aromatic heterocycles. The van der Waals surface area contributed by atoms with Crippen LogP contribution in [0.5, 0.6) is 0 Å². The van der Waals surface area contributed by atoms with E-state index in [4.69, 9.17) is 7.85 Å². The first-order valence-corrected chi connectivity index (χ1v) is 3.42. The van der Waals surface area contributed by atoms with Crippen molar-refractivity contribution in [3.63, 3.8) is 0 Å². The smallest absolute Gasteiger partial charge is 0.106 e. The van der Waals surface area contributed by atoms with Gasteiger partial charge < -0.3 is 5.32 Å². The number of likely N-dealkylation sites (N-methyl/N-ethyl adjacent to an activating group) is 1. The van der Waals surface area contributed by atoms with Gasteiger partial charge in [-0.15, -0.1) is 12.1 Å². The number of hydrogen-bond donors (Lipinski definition) is 1. The lowest BCUT2D eigenvalue weighted by atomic mass is 9.96. The molecule has 0 saturated heterocycles. The average Bonchev–Trinajstić information content (AvgIpc) is 1.90. The van der Waals surface area contributed by atoms with Crippen LogP contribution in [0.4, 0.5) is 0 Å². The SMILES string of the molecule is [B]/C(C)=C/CC(C=C)NC. The summed E-state index contributed by atoms with van der Waals surface area (Å²) in [4.78, 5) is 0. The number of allylic oxidation sites excluding steroid dienone is 1. The maximum absolute atomic E-state index is 5.45. The average molecular weight is 135 g/mol. The van der Waals surface area contributed by atoms with E-state index >= 15 is 0 Å². The number of hydrogen-bond acceptors (Lipinski definition) is 1. The summed E-state index contributed by atoms with van der Waals surface area (Å²) in [6.45, 7) is 5.56. The van der Waals surface area contributed by atoms with Crippen LogP contribution in [0.3, 0.4) is 0 Å². The standard InChI is InChI=1S/C8H14BN/c1-4-8(10-3)6-5-7(2)9/h4-5,8,10H,1,6H2,2-3H3/b7-5+. The summed E-state index contributed by atoms with van der Waals surface area (Å²) in [5.74, 6) is 0. The molecule has 0 aliphatic heterocycles. The van der Waals surface area contributed by atoms with Gasteiger partial charge in [-0.05, 0) is 13.5 Å². The van der Waals surface area contributed by atoms with Gasteiger partial charge in [-0.1, -0.05) is 19.1 Å². The van der Waals surface area contributed by atoms with E-state index < -0.39 is 0 Å². The highest BCUT2D eigenvalue weighted by atomic mass is 14.8. The topological polar surface area (TPSA) is 12.0 Å². The monoisotopic (exact) mass is 135 g/mol. The van der Waals surface area contributed by atoms with Crippen LogP contribution in [0, 0.1) is 0 Å². The lowest BCUT2D eigenvalue weighted by Gasteiger charge is -2.07. The van der Waals surface area contributed by atoms with Crippen LogP contribution in [0.1, 0.15) is 13.3 Å². The second-order valence-electron chi connectivity index (χ2n) is 2.31. The van der Waals surface area contributed by atoms with Crippen LogP contribution in [0.25, 0.3) is 0 Å². The summed E-state index contributed by atoms with van der Waals surface area (Å²) in [5, 5.41) is 3.09. The molecule has 0 aromatic carbocycles. The third-order valence-electron chi connectivity index (χ3n) is 1.35. The summed E-state index contributed by atoms with van der Waals surface area (Å²) in [6.07, 6.45) is 4.78. The molecule has 2 radical (unpaired) electrons. The Balaban J connectivity index is 3.64. The molecule has 0 bridgehead atoms. The molecule has 1 atom stereocenters. The fourth-order valence-corrected chi connectivity index (χ4v) is 0.645. The third-order valence-corrected chi connectivity index (χ3v) is 1.35. The molecule has 10 heavy (non-hydrogen) atoms. The van der Waals surface area contributed by atoms with Gasteiger partial charge in [0.25, 0.3) is 0 Å². The van der Waals surface area contributed by atoms with E-state index in [1.165, 1.54) is 0 Å². The summed E-state index contributed by atoms with van der Waals surface area (Å²) >= 11 is 0.